The highest BCUT2D eigenvalue weighted by molar-refractivity contribution is 8.00. The van der Waals surface area contributed by atoms with E-state index in [2.05, 4.69) is 5.32 Å². The van der Waals surface area contributed by atoms with Crippen molar-refractivity contribution in [2.45, 2.75) is 13.3 Å². The summed E-state index contributed by atoms with van der Waals surface area (Å²) in [7, 11) is 0. The summed E-state index contributed by atoms with van der Waals surface area (Å²) < 4.78 is 0. The summed E-state index contributed by atoms with van der Waals surface area (Å²) in [5, 5.41) is 11.3. The number of nitrogens with one attached hydrogen (secondary N) is 1. The lowest BCUT2D eigenvalue weighted by Crippen LogP contribution is -2.40. The number of aliphatic carboxylic acids is 1. The predicted octanol–water partition coefficient (Wildman–Crippen LogP) is -0.254. The first-order valence-corrected chi connectivity index (χ1v) is 6.55. The maximum absolute atomic E-state index is 11.5. The molecule has 2 amide bonds. The molecular formula is C10H16N2O4S. The van der Waals surface area contributed by atoms with Gasteiger partial charge in [-0.05, 0) is 6.42 Å². The molecule has 7 heteroatoms. The lowest BCUT2D eigenvalue weighted by Gasteiger charge is -2.15. The third kappa shape index (κ3) is 4.26. The highest BCUT2D eigenvalue weighted by Crippen LogP contribution is 2.13. The minimum atomic E-state index is -0.916. The van der Waals surface area contributed by atoms with Gasteiger partial charge in [0.05, 0.1) is 17.5 Å². The SMILES string of the molecule is CCC(CNC(=O)CN1CSCC1=O)C(=O)O. The van der Waals surface area contributed by atoms with Crippen LogP contribution in [0, 0.1) is 5.92 Å². The summed E-state index contributed by atoms with van der Waals surface area (Å²) in [6, 6.07) is 0. The van der Waals surface area contributed by atoms with Gasteiger partial charge in [-0.25, -0.2) is 0 Å². The maximum Gasteiger partial charge on any atom is 0.308 e. The fourth-order valence-corrected chi connectivity index (χ4v) is 2.32. The van der Waals surface area contributed by atoms with Gasteiger partial charge in [0.25, 0.3) is 0 Å². The van der Waals surface area contributed by atoms with Gasteiger partial charge in [0, 0.05) is 6.54 Å². The number of carboxylic acid groups (broad SMARTS) is 1. The Hall–Kier alpha value is -1.24. The Bertz CT molecular complexity index is 321. The average Bonchev–Trinajstić information content (AvgIpc) is 2.65. The highest BCUT2D eigenvalue weighted by Gasteiger charge is 2.23. The third-order valence-electron chi connectivity index (χ3n) is 2.55. The Kier molecular flexibility index (Phi) is 5.27. The van der Waals surface area contributed by atoms with Crippen LogP contribution in [0.15, 0.2) is 0 Å². The van der Waals surface area contributed by atoms with Gasteiger partial charge in [-0.15, -0.1) is 11.8 Å². The number of carbonyl (C=O) groups is 3. The molecule has 1 heterocycles. The molecule has 0 spiro atoms. The molecule has 96 valence electrons. The second-order valence-electron chi connectivity index (χ2n) is 3.82. The molecule has 0 aromatic carbocycles. The Morgan fingerprint density at radius 1 is 1.59 bits per heavy atom. The summed E-state index contributed by atoms with van der Waals surface area (Å²) in [6.45, 7) is 1.88. The van der Waals surface area contributed by atoms with Crippen LogP contribution in [0.2, 0.25) is 0 Å². The lowest BCUT2D eigenvalue weighted by atomic mass is 10.1. The zero-order valence-corrected chi connectivity index (χ0v) is 10.5. The van der Waals surface area contributed by atoms with E-state index < -0.39 is 11.9 Å². The van der Waals surface area contributed by atoms with Crippen molar-refractivity contribution < 1.29 is 19.5 Å². The van der Waals surface area contributed by atoms with Gasteiger partial charge in [0.15, 0.2) is 0 Å². The first kappa shape index (κ1) is 13.8. The molecule has 0 aromatic heterocycles. The second kappa shape index (κ2) is 6.48. The third-order valence-corrected chi connectivity index (χ3v) is 3.49. The topological polar surface area (TPSA) is 86.7 Å². The van der Waals surface area contributed by atoms with Crippen LogP contribution in [-0.2, 0) is 14.4 Å². The Morgan fingerprint density at radius 2 is 2.29 bits per heavy atom. The average molecular weight is 260 g/mol. The molecule has 1 unspecified atom stereocenters. The lowest BCUT2D eigenvalue weighted by molar-refractivity contribution is -0.142. The molecule has 17 heavy (non-hydrogen) atoms. The maximum atomic E-state index is 11.5. The van der Waals surface area contributed by atoms with Crippen LogP contribution in [0.4, 0.5) is 0 Å². The van der Waals surface area contributed by atoms with Crippen molar-refractivity contribution >= 4 is 29.5 Å². The zero-order valence-electron chi connectivity index (χ0n) is 9.64. The van der Waals surface area contributed by atoms with Crippen molar-refractivity contribution in [3.8, 4) is 0 Å². The van der Waals surface area contributed by atoms with E-state index in [4.69, 9.17) is 5.11 Å². The molecule has 1 atom stereocenters. The molecule has 1 saturated heterocycles. The number of rotatable bonds is 6. The number of nitrogens with zero attached hydrogens (tertiary/aromatic N) is 1. The number of carbonyl (C=O) groups excluding carboxylic acids is 2. The molecule has 0 aromatic rings. The van der Waals surface area contributed by atoms with Gasteiger partial charge in [0.2, 0.25) is 11.8 Å². The molecule has 0 saturated carbocycles. The Balaban J connectivity index is 2.29. The number of amides is 2. The zero-order chi connectivity index (χ0) is 12.8. The minimum Gasteiger partial charge on any atom is -0.481 e. The highest BCUT2D eigenvalue weighted by atomic mass is 32.2. The summed E-state index contributed by atoms with van der Waals surface area (Å²) in [6.07, 6.45) is 0.466. The van der Waals surface area contributed by atoms with Crippen LogP contribution < -0.4 is 5.32 Å². The van der Waals surface area contributed by atoms with Crippen molar-refractivity contribution in [1.29, 1.82) is 0 Å². The van der Waals surface area contributed by atoms with Crippen LogP contribution in [0.1, 0.15) is 13.3 Å². The summed E-state index contributed by atoms with van der Waals surface area (Å²) in [5.41, 5.74) is 0. The monoisotopic (exact) mass is 260 g/mol. The van der Waals surface area contributed by atoms with Gasteiger partial charge in [0.1, 0.15) is 6.54 Å². The van der Waals surface area contributed by atoms with E-state index in [0.717, 1.165) is 0 Å². The molecule has 0 aliphatic carbocycles. The molecule has 1 aliphatic rings. The summed E-state index contributed by atoms with van der Waals surface area (Å²) in [4.78, 5) is 34.9. The Morgan fingerprint density at radius 3 is 2.76 bits per heavy atom. The van der Waals surface area contributed by atoms with E-state index in [1.807, 2.05) is 0 Å². The van der Waals surface area contributed by atoms with Gasteiger partial charge in [-0.3, -0.25) is 14.4 Å². The van der Waals surface area contributed by atoms with Crippen LogP contribution in [0.3, 0.4) is 0 Å². The van der Waals surface area contributed by atoms with Gasteiger partial charge >= 0.3 is 5.97 Å². The van der Waals surface area contributed by atoms with E-state index in [1.54, 1.807) is 6.92 Å². The number of carboxylic acids is 1. The van der Waals surface area contributed by atoms with E-state index in [9.17, 15) is 14.4 Å². The molecule has 1 rings (SSSR count). The number of hydrogen-bond donors (Lipinski definition) is 2. The van der Waals surface area contributed by atoms with Crippen LogP contribution in [0.5, 0.6) is 0 Å². The summed E-state index contributed by atoms with van der Waals surface area (Å²) in [5.74, 6) is -0.887. The first-order chi connectivity index (χ1) is 8.04. The molecule has 1 aliphatic heterocycles. The predicted molar refractivity (Wildman–Crippen MR) is 63.5 cm³/mol. The van der Waals surface area contributed by atoms with E-state index in [0.29, 0.717) is 18.1 Å². The minimum absolute atomic E-state index is 0.0158. The molecule has 1 fully saturated rings. The van der Waals surface area contributed by atoms with Crippen molar-refractivity contribution in [2.24, 2.45) is 5.92 Å². The van der Waals surface area contributed by atoms with Gasteiger partial charge < -0.3 is 15.3 Å². The quantitative estimate of drug-likeness (QED) is 0.687. The van der Waals surface area contributed by atoms with Crippen LogP contribution in [-0.4, -0.2) is 52.5 Å². The van der Waals surface area contributed by atoms with Gasteiger partial charge in [-0.2, -0.15) is 0 Å². The smallest absolute Gasteiger partial charge is 0.308 e. The number of thioether (sulfide) groups is 1. The normalized spacial score (nSPS) is 17.0. The molecular weight excluding hydrogens is 244 g/mol. The second-order valence-corrected chi connectivity index (χ2v) is 4.77. The fraction of sp³-hybridized carbons (Fsp3) is 0.700. The van der Waals surface area contributed by atoms with Crippen LogP contribution >= 0.6 is 11.8 Å². The summed E-state index contributed by atoms with van der Waals surface area (Å²) >= 11 is 1.47. The van der Waals surface area contributed by atoms with Crippen LogP contribution in [0.25, 0.3) is 0 Å². The standard InChI is InChI=1S/C10H16N2O4S/c1-2-7(10(15)16)3-11-8(13)4-12-6-17-5-9(12)14/h7H,2-6H2,1H3,(H,11,13)(H,15,16). The first-order valence-electron chi connectivity index (χ1n) is 5.39. The molecule has 2 N–H and O–H groups in total. The largest absolute Gasteiger partial charge is 0.481 e. The van der Waals surface area contributed by atoms with Crippen molar-refractivity contribution in [3.05, 3.63) is 0 Å². The van der Waals surface area contributed by atoms with Crippen molar-refractivity contribution in [1.82, 2.24) is 10.2 Å². The molecule has 0 bridgehead atoms. The van der Waals surface area contributed by atoms with E-state index in [-0.39, 0.29) is 24.9 Å². The molecule has 0 radical (unpaired) electrons. The van der Waals surface area contributed by atoms with Crippen molar-refractivity contribution in [3.63, 3.8) is 0 Å². The van der Waals surface area contributed by atoms with E-state index >= 15 is 0 Å². The molecule has 6 nitrogen and oxygen atoms in total. The van der Waals surface area contributed by atoms with Gasteiger partial charge in [-0.1, -0.05) is 6.92 Å². The van der Waals surface area contributed by atoms with Crippen molar-refractivity contribution in [2.75, 3.05) is 24.7 Å². The fourth-order valence-electron chi connectivity index (χ4n) is 1.41. The Labute approximate surface area is 104 Å². The number of hydrogen-bond acceptors (Lipinski definition) is 4. The van der Waals surface area contributed by atoms with E-state index in [1.165, 1.54) is 16.7 Å².